The van der Waals surface area contributed by atoms with Crippen LogP contribution in [-0.2, 0) is 6.42 Å². The Kier molecular flexibility index (Phi) is 5.48. The zero-order valence-corrected chi connectivity index (χ0v) is 13.0. The summed E-state index contributed by atoms with van der Waals surface area (Å²) in [6.45, 7) is 6.99. The summed E-state index contributed by atoms with van der Waals surface area (Å²) in [7, 11) is 0. The fraction of sp³-hybridized carbons (Fsp3) is 0.684. The highest BCUT2D eigenvalue weighted by Crippen LogP contribution is 2.32. The Bertz CT molecular complexity index is 354. The first kappa shape index (κ1) is 14.6. The van der Waals surface area contributed by atoms with Gasteiger partial charge in [0.25, 0.3) is 0 Å². The van der Waals surface area contributed by atoms with Crippen molar-refractivity contribution in [3.05, 3.63) is 35.4 Å². The van der Waals surface area contributed by atoms with Gasteiger partial charge in [-0.2, -0.15) is 0 Å². The first-order valence-electron chi connectivity index (χ1n) is 8.24. The summed E-state index contributed by atoms with van der Waals surface area (Å²) in [5, 5.41) is 0. The van der Waals surface area contributed by atoms with E-state index in [1.54, 1.807) is 0 Å². The van der Waals surface area contributed by atoms with Crippen LogP contribution in [0.5, 0.6) is 0 Å². The summed E-state index contributed by atoms with van der Waals surface area (Å²) in [4.78, 5) is 0. The molecule has 0 bridgehead atoms. The molecule has 0 amide bonds. The molecule has 0 aromatic heterocycles. The van der Waals surface area contributed by atoms with E-state index in [9.17, 15) is 0 Å². The third kappa shape index (κ3) is 4.67. The molecule has 1 atom stereocenters. The topological polar surface area (TPSA) is 0 Å². The van der Waals surface area contributed by atoms with Crippen molar-refractivity contribution in [1.82, 2.24) is 0 Å². The first-order chi connectivity index (χ1) is 9.15. The SMILES string of the molecule is CC(C)Cc1ccc(C(C)CC2CCCCC2)cc1. The van der Waals surface area contributed by atoms with Crippen LogP contribution in [0.4, 0.5) is 0 Å². The van der Waals surface area contributed by atoms with E-state index in [4.69, 9.17) is 0 Å². The van der Waals surface area contributed by atoms with E-state index >= 15 is 0 Å². The quantitative estimate of drug-likeness (QED) is 0.611. The van der Waals surface area contributed by atoms with Gasteiger partial charge in [0.1, 0.15) is 0 Å². The number of benzene rings is 1. The molecule has 1 aliphatic rings. The van der Waals surface area contributed by atoms with Crippen LogP contribution in [0.1, 0.15) is 76.3 Å². The van der Waals surface area contributed by atoms with Crippen molar-refractivity contribution < 1.29 is 0 Å². The van der Waals surface area contributed by atoms with Crippen molar-refractivity contribution in [3.8, 4) is 0 Å². The molecule has 1 aromatic rings. The summed E-state index contributed by atoms with van der Waals surface area (Å²) in [5.74, 6) is 2.47. The molecular weight excluding hydrogens is 228 g/mol. The molecule has 1 aliphatic carbocycles. The molecule has 0 saturated heterocycles. The van der Waals surface area contributed by atoms with E-state index in [0.29, 0.717) is 0 Å². The van der Waals surface area contributed by atoms with Crippen LogP contribution in [0.15, 0.2) is 24.3 Å². The maximum atomic E-state index is 2.41. The van der Waals surface area contributed by atoms with Gasteiger partial charge in [-0.3, -0.25) is 0 Å². The van der Waals surface area contributed by atoms with Crippen molar-refractivity contribution in [2.45, 2.75) is 71.6 Å². The Morgan fingerprint density at radius 2 is 1.58 bits per heavy atom. The molecule has 106 valence electrons. The van der Waals surface area contributed by atoms with Gasteiger partial charge in [-0.25, -0.2) is 0 Å². The molecule has 1 saturated carbocycles. The lowest BCUT2D eigenvalue weighted by Crippen LogP contribution is -2.09. The average molecular weight is 258 g/mol. The fourth-order valence-corrected chi connectivity index (χ4v) is 3.51. The second-order valence-corrected chi connectivity index (χ2v) is 6.98. The highest BCUT2D eigenvalue weighted by molar-refractivity contribution is 5.25. The lowest BCUT2D eigenvalue weighted by molar-refractivity contribution is 0.323. The van der Waals surface area contributed by atoms with Crippen LogP contribution >= 0.6 is 0 Å². The molecule has 19 heavy (non-hydrogen) atoms. The van der Waals surface area contributed by atoms with Crippen molar-refractivity contribution in [3.63, 3.8) is 0 Å². The van der Waals surface area contributed by atoms with Crippen LogP contribution in [-0.4, -0.2) is 0 Å². The first-order valence-corrected chi connectivity index (χ1v) is 8.24. The summed E-state index contributed by atoms with van der Waals surface area (Å²) in [5.41, 5.74) is 3.03. The molecule has 0 N–H and O–H groups in total. The molecule has 2 rings (SSSR count). The Morgan fingerprint density at radius 1 is 0.947 bits per heavy atom. The number of rotatable bonds is 5. The maximum Gasteiger partial charge on any atom is -0.0188 e. The lowest BCUT2D eigenvalue weighted by Gasteiger charge is -2.25. The molecule has 1 fully saturated rings. The Labute approximate surface area is 119 Å². The van der Waals surface area contributed by atoms with Gasteiger partial charge in [-0.05, 0) is 41.7 Å². The minimum atomic E-state index is 0.733. The number of hydrogen-bond donors (Lipinski definition) is 0. The van der Waals surface area contributed by atoms with Crippen LogP contribution in [0.25, 0.3) is 0 Å². The predicted octanol–water partition coefficient (Wildman–Crippen LogP) is 5.96. The summed E-state index contributed by atoms with van der Waals surface area (Å²) in [6, 6.07) is 9.41. The molecule has 0 spiro atoms. The Balaban J connectivity index is 1.89. The standard InChI is InChI=1S/C19H30/c1-15(2)13-18-9-11-19(12-10-18)16(3)14-17-7-5-4-6-8-17/h9-12,15-17H,4-8,13-14H2,1-3H3. The van der Waals surface area contributed by atoms with Gasteiger partial charge >= 0.3 is 0 Å². The molecule has 0 heterocycles. The van der Waals surface area contributed by atoms with Gasteiger partial charge in [0, 0.05) is 0 Å². The van der Waals surface area contributed by atoms with Crippen molar-refractivity contribution in [1.29, 1.82) is 0 Å². The predicted molar refractivity (Wildman–Crippen MR) is 84.6 cm³/mol. The minimum Gasteiger partial charge on any atom is -0.0625 e. The summed E-state index contributed by atoms with van der Waals surface area (Å²) >= 11 is 0. The van der Waals surface area contributed by atoms with E-state index in [1.165, 1.54) is 56.1 Å². The van der Waals surface area contributed by atoms with Crippen molar-refractivity contribution >= 4 is 0 Å². The monoisotopic (exact) mass is 258 g/mol. The molecule has 1 aromatic carbocycles. The second-order valence-electron chi connectivity index (χ2n) is 6.98. The normalized spacial score (nSPS) is 18.7. The van der Waals surface area contributed by atoms with Crippen molar-refractivity contribution in [2.75, 3.05) is 0 Å². The molecule has 0 nitrogen and oxygen atoms in total. The highest BCUT2D eigenvalue weighted by Gasteiger charge is 2.17. The maximum absolute atomic E-state index is 2.41. The second kappa shape index (κ2) is 7.12. The third-order valence-electron chi connectivity index (χ3n) is 4.60. The zero-order valence-electron chi connectivity index (χ0n) is 13.0. The van der Waals surface area contributed by atoms with Crippen LogP contribution < -0.4 is 0 Å². The van der Waals surface area contributed by atoms with Gasteiger partial charge in [0.05, 0.1) is 0 Å². The highest BCUT2D eigenvalue weighted by atomic mass is 14.2. The third-order valence-corrected chi connectivity index (χ3v) is 4.60. The van der Waals surface area contributed by atoms with E-state index in [0.717, 1.165) is 17.8 Å². The van der Waals surface area contributed by atoms with Gasteiger partial charge in [-0.15, -0.1) is 0 Å². The van der Waals surface area contributed by atoms with E-state index in [-0.39, 0.29) is 0 Å². The smallest absolute Gasteiger partial charge is 0.0188 e. The largest absolute Gasteiger partial charge is 0.0625 e. The average Bonchev–Trinajstić information content (AvgIpc) is 2.40. The van der Waals surface area contributed by atoms with Crippen LogP contribution in [0.2, 0.25) is 0 Å². The van der Waals surface area contributed by atoms with E-state index < -0.39 is 0 Å². The zero-order chi connectivity index (χ0) is 13.7. The van der Waals surface area contributed by atoms with Crippen LogP contribution in [0, 0.1) is 11.8 Å². The van der Waals surface area contributed by atoms with E-state index in [1.807, 2.05) is 0 Å². The fourth-order valence-electron chi connectivity index (χ4n) is 3.51. The van der Waals surface area contributed by atoms with E-state index in [2.05, 4.69) is 45.0 Å². The molecular formula is C19H30. The van der Waals surface area contributed by atoms with Crippen molar-refractivity contribution in [2.24, 2.45) is 11.8 Å². The van der Waals surface area contributed by atoms with Gasteiger partial charge in [0.2, 0.25) is 0 Å². The molecule has 0 aliphatic heterocycles. The summed E-state index contributed by atoms with van der Waals surface area (Å²) < 4.78 is 0. The summed E-state index contributed by atoms with van der Waals surface area (Å²) in [6.07, 6.45) is 9.93. The van der Waals surface area contributed by atoms with Gasteiger partial charge in [0.15, 0.2) is 0 Å². The molecule has 0 radical (unpaired) electrons. The number of hydrogen-bond acceptors (Lipinski definition) is 0. The molecule has 1 unspecified atom stereocenters. The lowest BCUT2D eigenvalue weighted by atomic mass is 9.81. The van der Waals surface area contributed by atoms with Crippen LogP contribution in [0.3, 0.4) is 0 Å². The van der Waals surface area contributed by atoms with Gasteiger partial charge in [-0.1, -0.05) is 77.1 Å². The minimum absolute atomic E-state index is 0.733. The Morgan fingerprint density at radius 3 is 2.16 bits per heavy atom. The van der Waals surface area contributed by atoms with Gasteiger partial charge < -0.3 is 0 Å². The Hall–Kier alpha value is -0.780. The molecule has 0 heteroatoms.